The molecule has 2 fully saturated rings. The second kappa shape index (κ2) is 8.67. The normalized spacial score (nSPS) is 25.1. The van der Waals surface area contributed by atoms with Crippen LogP contribution in [0.5, 0.6) is 0 Å². The molecule has 1 aromatic heterocycles. The first-order valence-electron chi connectivity index (χ1n) is 9.59. The quantitative estimate of drug-likeness (QED) is 0.853. The van der Waals surface area contributed by atoms with Crippen molar-refractivity contribution in [2.45, 2.75) is 51.6 Å². The predicted molar refractivity (Wildman–Crippen MR) is 97.5 cm³/mol. The van der Waals surface area contributed by atoms with Gasteiger partial charge in [-0.15, -0.1) is 0 Å². The van der Waals surface area contributed by atoms with Gasteiger partial charge >= 0.3 is 6.03 Å². The number of aromatic nitrogens is 2. The van der Waals surface area contributed by atoms with Crippen molar-refractivity contribution < 1.29 is 9.90 Å². The molecule has 2 saturated heterocycles. The fraction of sp³-hybridized carbons (Fsp3) is 0.778. The number of rotatable bonds is 5. The van der Waals surface area contributed by atoms with E-state index in [0.29, 0.717) is 6.54 Å². The van der Waals surface area contributed by atoms with Crippen molar-refractivity contribution in [3.05, 3.63) is 12.4 Å². The third-order valence-electron chi connectivity index (χ3n) is 5.48. The lowest BCUT2D eigenvalue weighted by Gasteiger charge is -2.37. The van der Waals surface area contributed by atoms with Gasteiger partial charge in [-0.25, -0.2) is 4.79 Å². The zero-order valence-corrected chi connectivity index (χ0v) is 15.2. The lowest BCUT2D eigenvalue weighted by Crippen LogP contribution is -2.48. The summed E-state index contributed by atoms with van der Waals surface area (Å²) >= 11 is 0. The molecule has 140 valence electrons. The summed E-state index contributed by atoms with van der Waals surface area (Å²) in [7, 11) is 0. The Kier molecular flexibility index (Phi) is 6.31. The maximum Gasteiger partial charge on any atom is 0.322 e. The topological polar surface area (TPSA) is 73.6 Å². The minimum atomic E-state index is -0.0961. The summed E-state index contributed by atoms with van der Waals surface area (Å²) in [6.07, 6.45) is 9.48. The fourth-order valence-corrected chi connectivity index (χ4v) is 3.79. The first-order chi connectivity index (χ1) is 12.2. The van der Waals surface area contributed by atoms with E-state index in [2.05, 4.69) is 22.2 Å². The van der Waals surface area contributed by atoms with Crippen molar-refractivity contribution in [1.29, 1.82) is 0 Å². The Labute approximate surface area is 150 Å². The van der Waals surface area contributed by atoms with Crippen molar-refractivity contribution in [3.8, 4) is 0 Å². The van der Waals surface area contributed by atoms with Crippen LogP contribution in [0.2, 0.25) is 0 Å². The second-order valence-electron chi connectivity index (χ2n) is 7.45. The number of hydrogen-bond acceptors (Lipinski definition) is 4. The van der Waals surface area contributed by atoms with Gasteiger partial charge in [-0.2, -0.15) is 5.10 Å². The molecule has 2 atom stereocenters. The summed E-state index contributed by atoms with van der Waals surface area (Å²) in [4.78, 5) is 16.9. The Balaban J connectivity index is 1.49. The summed E-state index contributed by atoms with van der Waals surface area (Å²) in [6.45, 7) is 7.05. The van der Waals surface area contributed by atoms with Crippen molar-refractivity contribution in [2.75, 3.05) is 38.1 Å². The highest BCUT2D eigenvalue weighted by molar-refractivity contribution is 5.89. The number of aliphatic hydroxyl groups excluding tert-OH is 1. The van der Waals surface area contributed by atoms with E-state index in [-0.39, 0.29) is 24.6 Å². The van der Waals surface area contributed by atoms with Gasteiger partial charge in [0.2, 0.25) is 0 Å². The van der Waals surface area contributed by atoms with Crippen molar-refractivity contribution in [3.63, 3.8) is 0 Å². The smallest absolute Gasteiger partial charge is 0.322 e. The van der Waals surface area contributed by atoms with Crippen LogP contribution in [0.25, 0.3) is 0 Å². The highest BCUT2D eigenvalue weighted by atomic mass is 16.3. The Morgan fingerprint density at radius 3 is 2.84 bits per heavy atom. The molecule has 2 aliphatic rings. The van der Waals surface area contributed by atoms with Crippen LogP contribution < -0.4 is 5.32 Å². The molecule has 7 heteroatoms. The number of nitrogens with one attached hydrogen (secondary N) is 1. The Morgan fingerprint density at radius 2 is 2.08 bits per heavy atom. The molecule has 7 nitrogen and oxygen atoms in total. The number of amides is 2. The molecule has 0 aliphatic carbocycles. The van der Waals surface area contributed by atoms with Gasteiger partial charge < -0.3 is 20.2 Å². The van der Waals surface area contributed by atoms with Crippen LogP contribution in [-0.2, 0) is 6.54 Å². The Hall–Kier alpha value is -1.60. The van der Waals surface area contributed by atoms with Crippen LogP contribution >= 0.6 is 0 Å². The lowest BCUT2D eigenvalue weighted by molar-refractivity contribution is 0.107. The van der Waals surface area contributed by atoms with Gasteiger partial charge in [0.05, 0.1) is 18.4 Å². The fourth-order valence-electron chi connectivity index (χ4n) is 3.79. The van der Waals surface area contributed by atoms with E-state index in [9.17, 15) is 9.90 Å². The molecule has 0 spiro atoms. The molecule has 2 N–H and O–H groups in total. The number of anilines is 1. The summed E-state index contributed by atoms with van der Waals surface area (Å²) < 4.78 is 1.90. The number of aliphatic hydroxyl groups is 1. The van der Waals surface area contributed by atoms with E-state index in [4.69, 9.17) is 0 Å². The van der Waals surface area contributed by atoms with E-state index in [1.54, 1.807) is 6.20 Å². The zero-order valence-electron chi connectivity index (χ0n) is 15.2. The third-order valence-corrected chi connectivity index (χ3v) is 5.48. The van der Waals surface area contributed by atoms with E-state index in [0.717, 1.165) is 31.6 Å². The van der Waals surface area contributed by atoms with Crippen molar-refractivity contribution >= 4 is 11.7 Å². The Morgan fingerprint density at radius 1 is 1.28 bits per heavy atom. The number of urea groups is 1. The van der Waals surface area contributed by atoms with Crippen molar-refractivity contribution in [2.24, 2.45) is 5.92 Å². The highest BCUT2D eigenvalue weighted by Crippen LogP contribution is 2.22. The van der Waals surface area contributed by atoms with Crippen LogP contribution in [0.3, 0.4) is 0 Å². The molecule has 3 rings (SSSR count). The highest BCUT2D eigenvalue weighted by Gasteiger charge is 2.28. The predicted octanol–water partition coefficient (Wildman–Crippen LogP) is 1.99. The van der Waals surface area contributed by atoms with Gasteiger partial charge in [0.25, 0.3) is 0 Å². The molecule has 0 aromatic carbocycles. The molecule has 3 heterocycles. The average molecular weight is 349 g/mol. The Bertz CT molecular complexity index is 555. The summed E-state index contributed by atoms with van der Waals surface area (Å²) in [5, 5.41) is 16.7. The van der Waals surface area contributed by atoms with Gasteiger partial charge in [-0.05, 0) is 51.6 Å². The molecular formula is C18H31N5O2. The van der Waals surface area contributed by atoms with E-state index in [1.807, 2.05) is 15.8 Å². The molecule has 0 bridgehead atoms. The minimum absolute atomic E-state index is 0.0961. The molecule has 1 aromatic rings. The number of nitrogens with zero attached hydrogens (tertiary/aromatic N) is 4. The number of carbonyl (C=O) groups excluding carboxylic acids is 1. The van der Waals surface area contributed by atoms with Gasteiger partial charge in [-0.1, -0.05) is 6.42 Å². The van der Waals surface area contributed by atoms with Crippen LogP contribution in [-0.4, -0.2) is 69.5 Å². The van der Waals surface area contributed by atoms with Gasteiger partial charge in [-0.3, -0.25) is 4.68 Å². The molecular weight excluding hydrogens is 318 g/mol. The number of hydrogen-bond donors (Lipinski definition) is 2. The first kappa shape index (κ1) is 18.2. The SMILES string of the molecule is CC1CCC(CO)CN1C(=O)Nc1cnn(CCN2CCCCC2)c1. The van der Waals surface area contributed by atoms with Gasteiger partial charge in [0.1, 0.15) is 0 Å². The monoisotopic (exact) mass is 349 g/mol. The van der Waals surface area contributed by atoms with Crippen LogP contribution in [0.15, 0.2) is 12.4 Å². The van der Waals surface area contributed by atoms with E-state index < -0.39 is 0 Å². The zero-order chi connectivity index (χ0) is 17.6. The number of likely N-dealkylation sites (tertiary alicyclic amines) is 2. The van der Waals surface area contributed by atoms with Crippen molar-refractivity contribution in [1.82, 2.24) is 19.6 Å². The first-order valence-corrected chi connectivity index (χ1v) is 9.59. The van der Waals surface area contributed by atoms with Crippen LogP contribution in [0, 0.1) is 5.92 Å². The number of carbonyl (C=O) groups is 1. The van der Waals surface area contributed by atoms with Gasteiger partial charge in [0, 0.05) is 31.9 Å². The minimum Gasteiger partial charge on any atom is -0.396 e. The standard InChI is InChI=1S/C18H31N5O2/c1-15-5-6-16(14-24)12-23(15)18(25)20-17-11-19-22(13-17)10-9-21-7-3-2-4-8-21/h11,13,15-16,24H,2-10,12,14H2,1H3,(H,20,25). The molecule has 2 aliphatic heterocycles. The lowest BCUT2D eigenvalue weighted by atomic mass is 9.94. The van der Waals surface area contributed by atoms with E-state index >= 15 is 0 Å². The molecule has 2 unspecified atom stereocenters. The molecule has 25 heavy (non-hydrogen) atoms. The summed E-state index contributed by atoms with van der Waals surface area (Å²) in [5.41, 5.74) is 0.738. The molecule has 2 amide bonds. The van der Waals surface area contributed by atoms with Crippen LogP contribution in [0.4, 0.5) is 10.5 Å². The maximum atomic E-state index is 12.5. The van der Waals surface area contributed by atoms with E-state index in [1.165, 1.54) is 32.4 Å². The number of piperidine rings is 2. The molecule has 0 radical (unpaired) electrons. The maximum absolute atomic E-state index is 12.5. The van der Waals surface area contributed by atoms with Gasteiger partial charge in [0.15, 0.2) is 0 Å². The third kappa shape index (κ3) is 4.95. The van der Waals surface area contributed by atoms with Crippen LogP contribution in [0.1, 0.15) is 39.0 Å². The summed E-state index contributed by atoms with van der Waals surface area (Å²) in [5.74, 6) is 0.189. The summed E-state index contributed by atoms with van der Waals surface area (Å²) in [6, 6.07) is 0.109. The average Bonchev–Trinajstić information content (AvgIpc) is 3.08. The largest absolute Gasteiger partial charge is 0.396 e. The molecule has 0 saturated carbocycles. The second-order valence-corrected chi connectivity index (χ2v) is 7.45.